The van der Waals surface area contributed by atoms with Crippen LogP contribution in [0.3, 0.4) is 0 Å². The Balaban J connectivity index is 1.63. The van der Waals surface area contributed by atoms with Crippen LogP contribution in [0.15, 0.2) is 56.2 Å². The standard InChI is InChI=1S/C18H15N3O4/c1-11-6-7-12(24-11)8-19-16(22)10-21-17-13-4-2-3-5-15(13)25-18(23)14(17)9-20-21/h2-7,9H,8,10H2,1H3,(H,19,22). The summed E-state index contributed by atoms with van der Waals surface area (Å²) in [6, 6.07) is 10.8. The van der Waals surface area contributed by atoms with Gasteiger partial charge in [0, 0.05) is 5.39 Å². The van der Waals surface area contributed by atoms with Crippen LogP contribution in [0.4, 0.5) is 0 Å². The van der Waals surface area contributed by atoms with Gasteiger partial charge in [-0.2, -0.15) is 5.10 Å². The van der Waals surface area contributed by atoms with Gasteiger partial charge in [-0.3, -0.25) is 9.48 Å². The molecule has 0 aliphatic rings. The van der Waals surface area contributed by atoms with Crippen LogP contribution in [0, 0.1) is 6.92 Å². The summed E-state index contributed by atoms with van der Waals surface area (Å²) in [5, 5.41) is 8.06. The summed E-state index contributed by atoms with van der Waals surface area (Å²) < 4.78 is 12.2. The first kappa shape index (κ1) is 15.2. The number of carbonyl (C=O) groups excluding carboxylic acids is 1. The van der Waals surface area contributed by atoms with E-state index < -0.39 is 5.63 Å². The maximum absolute atomic E-state index is 12.2. The molecule has 0 aliphatic carbocycles. The van der Waals surface area contributed by atoms with E-state index in [9.17, 15) is 9.59 Å². The molecular weight excluding hydrogens is 322 g/mol. The molecule has 3 heterocycles. The van der Waals surface area contributed by atoms with Crippen molar-refractivity contribution >= 4 is 27.8 Å². The molecule has 0 aliphatic heterocycles. The zero-order chi connectivity index (χ0) is 17.4. The zero-order valence-corrected chi connectivity index (χ0v) is 13.5. The Labute approximate surface area is 141 Å². The second-order valence-corrected chi connectivity index (χ2v) is 5.74. The third-order valence-corrected chi connectivity index (χ3v) is 3.95. The summed E-state index contributed by atoms with van der Waals surface area (Å²) in [5.41, 5.74) is 0.593. The average Bonchev–Trinajstić information content (AvgIpc) is 3.20. The highest BCUT2D eigenvalue weighted by Gasteiger charge is 2.15. The number of furan rings is 1. The van der Waals surface area contributed by atoms with Crippen molar-refractivity contribution in [2.45, 2.75) is 20.0 Å². The molecular formula is C18H15N3O4. The van der Waals surface area contributed by atoms with E-state index in [4.69, 9.17) is 8.83 Å². The van der Waals surface area contributed by atoms with E-state index in [0.717, 1.165) is 11.1 Å². The molecule has 0 fully saturated rings. The first-order chi connectivity index (χ1) is 12.1. The van der Waals surface area contributed by atoms with Gasteiger partial charge in [0.15, 0.2) is 0 Å². The van der Waals surface area contributed by atoms with Gasteiger partial charge in [-0.1, -0.05) is 12.1 Å². The molecule has 7 nitrogen and oxygen atoms in total. The summed E-state index contributed by atoms with van der Waals surface area (Å²) >= 11 is 0. The lowest BCUT2D eigenvalue weighted by Gasteiger charge is -2.06. The van der Waals surface area contributed by atoms with Crippen molar-refractivity contribution in [3.8, 4) is 0 Å². The molecule has 0 radical (unpaired) electrons. The van der Waals surface area contributed by atoms with Crippen molar-refractivity contribution in [3.05, 3.63) is 64.5 Å². The molecule has 0 saturated heterocycles. The van der Waals surface area contributed by atoms with Crippen LogP contribution in [-0.2, 0) is 17.9 Å². The number of fused-ring (bicyclic) bond motifs is 3. The average molecular weight is 337 g/mol. The molecule has 0 saturated carbocycles. The number of para-hydroxylation sites is 1. The predicted octanol–water partition coefficient (Wildman–Crippen LogP) is 2.36. The Bertz CT molecular complexity index is 1140. The Kier molecular flexibility index (Phi) is 3.61. The molecule has 3 aromatic heterocycles. The van der Waals surface area contributed by atoms with Gasteiger partial charge in [0.25, 0.3) is 0 Å². The lowest BCUT2D eigenvalue weighted by Crippen LogP contribution is -2.27. The smallest absolute Gasteiger partial charge is 0.347 e. The molecule has 7 heteroatoms. The van der Waals surface area contributed by atoms with Gasteiger partial charge in [-0.15, -0.1) is 0 Å². The van der Waals surface area contributed by atoms with Crippen LogP contribution in [0.25, 0.3) is 21.9 Å². The van der Waals surface area contributed by atoms with E-state index >= 15 is 0 Å². The third-order valence-electron chi connectivity index (χ3n) is 3.95. The van der Waals surface area contributed by atoms with Crippen LogP contribution < -0.4 is 10.9 Å². The molecule has 126 valence electrons. The number of hydrogen-bond acceptors (Lipinski definition) is 5. The van der Waals surface area contributed by atoms with Crippen LogP contribution in [0.2, 0.25) is 0 Å². The van der Waals surface area contributed by atoms with Crippen molar-refractivity contribution in [2.24, 2.45) is 0 Å². The molecule has 0 bridgehead atoms. The summed E-state index contributed by atoms with van der Waals surface area (Å²) in [6.07, 6.45) is 1.43. The minimum Gasteiger partial charge on any atom is -0.465 e. The number of hydrogen-bond donors (Lipinski definition) is 1. The minimum absolute atomic E-state index is 0.00333. The van der Waals surface area contributed by atoms with Gasteiger partial charge in [0.2, 0.25) is 5.91 Å². The molecule has 1 N–H and O–H groups in total. The Morgan fingerprint density at radius 2 is 2.00 bits per heavy atom. The van der Waals surface area contributed by atoms with E-state index in [1.165, 1.54) is 10.9 Å². The van der Waals surface area contributed by atoms with E-state index in [-0.39, 0.29) is 12.5 Å². The Morgan fingerprint density at radius 1 is 1.16 bits per heavy atom. The lowest BCUT2D eigenvalue weighted by molar-refractivity contribution is -0.122. The van der Waals surface area contributed by atoms with E-state index in [1.54, 1.807) is 12.1 Å². The normalized spacial score (nSPS) is 11.2. The van der Waals surface area contributed by atoms with E-state index in [2.05, 4.69) is 10.4 Å². The maximum atomic E-state index is 12.2. The Hall–Kier alpha value is -3.35. The molecule has 0 unspecified atom stereocenters. The third kappa shape index (κ3) is 2.80. The summed E-state index contributed by atoms with van der Waals surface area (Å²) in [4.78, 5) is 24.3. The fourth-order valence-corrected chi connectivity index (χ4v) is 2.80. The van der Waals surface area contributed by atoms with E-state index in [1.807, 2.05) is 31.2 Å². The number of benzene rings is 1. The number of aromatic nitrogens is 2. The van der Waals surface area contributed by atoms with Crippen molar-refractivity contribution in [1.29, 1.82) is 0 Å². The van der Waals surface area contributed by atoms with Crippen LogP contribution in [0.5, 0.6) is 0 Å². The van der Waals surface area contributed by atoms with Crippen molar-refractivity contribution in [3.63, 3.8) is 0 Å². The van der Waals surface area contributed by atoms with Gasteiger partial charge < -0.3 is 14.2 Å². The van der Waals surface area contributed by atoms with Gasteiger partial charge in [0.1, 0.15) is 29.0 Å². The highest BCUT2D eigenvalue weighted by atomic mass is 16.4. The number of nitrogens with one attached hydrogen (secondary N) is 1. The summed E-state index contributed by atoms with van der Waals surface area (Å²) in [6.45, 7) is 2.14. The number of aryl methyl sites for hydroxylation is 1. The monoisotopic (exact) mass is 337 g/mol. The second-order valence-electron chi connectivity index (χ2n) is 5.74. The molecule has 0 atom stereocenters. The maximum Gasteiger partial charge on any atom is 0.347 e. The SMILES string of the molecule is Cc1ccc(CNC(=O)Cn2ncc3c(=O)oc4ccccc4c32)o1. The number of rotatable bonds is 4. The molecule has 1 amide bonds. The Morgan fingerprint density at radius 3 is 2.80 bits per heavy atom. The quantitative estimate of drug-likeness (QED) is 0.577. The van der Waals surface area contributed by atoms with E-state index in [0.29, 0.717) is 28.8 Å². The summed E-state index contributed by atoms with van der Waals surface area (Å²) in [5.74, 6) is 1.25. The highest BCUT2D eigenvalue weighted by Crippen LogP contribution is 2.22. The topological polar surface area (TPSA) is 90.3 Å². The van der Waals surface area contributed by atoms with Gasteiger partial charge >= 0.3 is 5.63 Å². The second kappa shape index (κ2) is 5.94. The van der Waals surface area contributed by atoms with Gasteiger partial charge in [0.05, 0.1) is 18.3 Å². The predicted molar refractivity (Wildman–Crippen MR) is 91.1 cm³/mol. The van der Waals surface area contributed by atoms with Crippen molar-refractivity contribution < 1.29 is 13.6 Å². The number of carbonyl (C=O) groups is 1. The highest BCUT2D eigenvalue weighted by molar-refractivity contribution is 6.02. The first-order valence-electron chi connectivity index (χ1n) is 7.81. The minimum atomic E-state index is -0.466. The van der Waals surface area contributed by atoms with Gasteiger partial charge in [-0.05, 0) is 31.2 Å². The van der Waals surface area contributed by atoms with Crippen molar-refractivity contribution in [1.82, 2.24) is 15.1 Å². The fraction of sp³-hybridized carbons (Fsp3) is 0.167. The number of amides is 1. The molecule has 4 rings (SSSR count). The molecule has 1 aromatic carbocycles. The lowest BCUT2D eigenvalue weighted by atomic mass is 10.2. The zero-order valence-electron chi connectivity index (χ0n) is 13.5. The fourth-order valence-electron chi connectivity index (χ4n) is 2.80. The van der Waals surface area contributed by atoms with Crippen molar-refractivity contribution in [2.75, 3.05) is 0 Å². The largest absolute Gasteiger partial charge is 0.465 e. The van der Waals surface area contributed by atoms with Crippen LogP contribution in [-0.4, -0.2) is 15.7 Å². The molecule has 4 aromatic rings. The summed E-state index contributed by atoms with van der Waals surface area (Å²) in [7, 11) is 0. The molecule has 0 spiro atoms. The van der Waals surface area contributed by atoms with Crippen LogP contribution in [0.1, 0.15) is 11.5 Å². The van der Waals surface area contributed by atoms with Crippen LogP contribution >= 0.6 is 0 Å². The molecule has 25 heavy (non-hydrogen) atoms. The van der Waals surface area contributed by atoms with Gasteiger partial charge in [-0.25, -0.2) is 4.79 Å². The first-order valence-corrected chi connectivity index (χ1v) is 7.81. The number of nitrogens with zero attached hydrogens (tertiary/aromatic N) is 2.